The van der Waals surface area contributed by atoms with E-state index in [1.54, 1.807) is 6.92 Å². The lowest BCUT2D eigenvalue weighted by Crippen LogP contribution is -2.06. The predicted octanol–water partition coefficient (Wildman–Crippen LogP) is 8.04. The molecule has 0 fully saturated rings. The fourth-order valence-electron chi connectivity index (χ4n) is 3.43. The Kier molecular flexibility index (Phi) is 12.7. The Morgan fingerprint density at radius 3 is 1.91 bits per heavy atom. The number of carbonyl (C=O) groups is 1. The van der Waals surface area contributed by atoms with Crippen molar-refractivity contribution in [2.24, 2.45) is 0 Å². The van der Waals surface area contributed by atoms with E-state index in [0.717, 1.165) is 50.9 Å². The van der Waals surface area contributed by atoms with Crippen molar-refractivity contribution in [2.45, 2.75) is 71.6 Å². The van der Waals surface area contributed by atoms with Crippen LogP contribution in [0.2, 0.25) is 0 Å². The van der Waals surface area contributed by atoms with Gasteiger partial charge in [-0.1, -0.05) is 94.2 Å². The standard InChI is InChI=1S/C30H40O3/c1-4-5-12-26-13-15-27(16-14-26)17-18-28-19-21-29(22-20-28)32-23-10-8-6-7-9-11-24-33-30(31)25(2)3/h13-22H,2,4-12,23-24H2,1,3H3/b18-17+. The molecule has 33 heavy (non-hydrogen) atoms. The summed E-state index contributed by atoms with van der Waals surface area (Å²) in [7, 11) is 0. The number of hydrogen-bond donors (Lipinski definition) is 0. The molecule has 178 valence electrons. The molecule has 0 saturated carbocycles. The lowest BCUT2D eigenvalue weighted by molar-refractivity contribution is -0.139. The highest BCUT2D eigenvalue weighted by Gasteiger charge is 2.02. The van der Waals surface area contributed by atoms with Crippen molar-refractivity contribution in [1.82, 2.24) is 0 Å². The summed E-state index contributed by atoms with van der Waals surface area (Å²) < 4.78 is 11.0. The number of benzene rings is 2. The molecule has 2 aromatic rings. The Labute approximate surface area is 200 Å². The first-order chi connectivity index (χ1) is 16.1. The Bertz CT molecular complexity index is 847. The van der Waals surface area contributed by atoms with Gasteiger partial charge in [0.2, 0.25) is 0 Å². The molecule has 0 amide bonds. The van der Waals surface area contributed by atoms with Crippen LogP contribution in [0.5, 0.6) is 5.75 Å². The third kappa shape index (κ3) is 11.6. The lowest BCUT2D eigenvalue weighted by atomic mass is 10.1. The molecule has 2 rings (SSSR count). The van der Waals surface area contributed by atoms with Crippen molar-refractivity contribution in [3.63, 3.8) is 0 Å². The normalized spacial score (nSPS) is 11.0. The zero-order valence-electron chi connectivity index (χ0n) is 20.5. The lowest BCUT2D eigenvalue weighted by Gasteiger charge is -2.07. The number of hydrogen-bond acceptors (Lipinski definition) is 3. The van der Waals surface area contributed by atoms with Gasteiger partial charge in [-0.05, 0) is 61.4 Å². The monoisotopic (exact) mass is 448 g/mol. The molecule has 0 heterocycles. The molecule has 0 aliphatic rings. The van der Waals surface area contributed by atoms with Gasteiger partial charge in [-0.2, -0.15) is 0 Å². The smallest absolute Gasteiger partial charge is 0.333 e. The number of rotatable bonds is 16. The maximum absolute atomic E-state index is 11.3. The molecule has 2 aromatic carbocycles. The number of carbonyl (C=O) groups excluding carboxylic acids is 1. The second-order valence-corrected chi connectivity index (χ2v) is 8.63. The van der Waals surface area contributed by atoms with E-state index in [-0.39, 0.29) is 5.97 Å². The molecule has 3 nitrogen and oxygen atoms in total. The van der Waals surface area contributed by atoms with E-state index in [2.05, 4.69) is 62.1 Å². The zero-order chi connectivity index (χ0) is 23.7. The van der Waals surface area contributed by atoms with Gasteiger partial charge in [-0.15, -0.1) is 0 Å². The first kappa shape index (κ1) is 26.4. The minimum absolute atomic E-state index is 0.288. The molecule has 0 radical (unpaired) electrons. The van der Waals surface area contributed by atoms with Crippen LogP contribution in [-0.2, 0) is 16.0 Å². The third-order valence-corrected chi connectivity index (χ3v) is 5.54. The van der Waals surface area contributed by atoms with Crippen LogP contribution in [0.15, 0.2) is 60.7 Å². The van der Waals surface area contributed by atoms with Crippen molar-refractivity contribution in [1.29, 1.82) is 0 Å². The van der Waals surface area contributed by atoms with E-state index >= 15 is 0 Å². The Hall–Kier alpha value is -2.81. The van der Waals surface area contributed by atoms with Gasteiger partial charge < -0.3 is 9.47 Å². The van der Waals surface area contributed by atoms with E-state index in [0.29, 0.717) is 12.2 Å². The number of aryl methyl sites for hydroxylation is 1. The second kappa shape index (κ2) is 15.9. The average Bonchev–Trinajstić information content (AvgIpc) is 2.83. The summed E-state index contributed by atoms with van der Waals surface area (Å²) in [6.45, 7) is 8.72. The number of ether oxygens (including phenoxy) is 2. The summed E-state index contributed by atoms with van der Waals surface area (Å²) >= 11 is 0. The fourth-order valence-corrected chi connectivity index (χ4v) is 3.43. The molecule has 0 atom stereocenters. The Morgan fingerprint density at radius 2 is 1.33 bits per heavy atom. The summed E-state index contributed by atoms with van der Waals surface area (Å²) in [5.41, 5.74) is 4.27. The van der Waals surface area contributed by atoms with Crippen LogP contribution in [0.4, 0.5) is 0 Å². The van der Waals surface area contributed by atoms with E-state index in [1.807, 2.05) is 12.1 Å². The largest absolute Gasteiger partial charge is 0.494 e. The predicted molar refractivity (Wildman–Crippen MR) is 139 cm³/mol. The van der Waals surface area contributed by atoms with Gasteiger partial charge in [0.1, 0.15) is 5.75 Å². The third-order valence-electron chi connectivity index (χ3n) is 5.54. The quantitative estimate of drug-likeness (QED) is 0.113. The summed E-state index contributed by atoms with van der Waals surface area (Å²) in [6, 6.07) is 17.1. The molecule has 0 saturated heterocycles. The van der Waals surface area contributed by atoms with Gasteiger partial charge in [-0.25, -0.2) is 4.79 Å². The van der Waals surface area contributed by atoms with Crippen LogP contribution in [0.3, 0.4) is 0 Å². The molecular formula is C30H40O3. The van der Waals surface area contributed by atoms with Crippen LogP contribution in [0.25, 0.3) is 12.2 Å². The Morgan fingerprint density at radius 1 is 0.788 bits per heavy atom. The molecule has 0 unspecified atom stereocenters. The van der Waals surface area contributed by atoms with Gasteiger partial charge in [0.15, 0.2) is 0 Å². The van der Waals surface area contributed by atoms with Crippen molar-refractivity contribution >= 4 is 18.1 Å². The van der Waals surface area contributed by atoms with Gasteiger partial charge in [0.25, 0.3) is 0 Å². The maximum Gasteiger partial charge on any atom is 0.333 e. The first-order valence-corrected chi connectivity index (χ1v) is 12.4. The minimum Gasteiger partial charge on any atom is -0.494 e. The van der Waals surface area contributed by atoms with Gasteiger partial charge in [0, 0.05) is 5.57 Å². The summed E-state index contributed by atoms with van der Waals surface area (Å²) in [5.74, 6) is 0.635. The average molecular weight is 449 g/mol. The van der Waals surface area contributed by atoms with Gasteiger partial charge >= 0.3 is 5.97 Å². The van der Waals surface area contributed by atoms with E-state index in [9.17, 15) is 4.79 Å². The topological polar surface area (TPSA) is 35.5 Å². The second-order valence-electron chi connectivity index (χ2n) is 8.63. The van der Waals surface area contributed by atoms with Crippen molar-refractivity contribution in [3.8, 4) is 5.75 Å². The Balaban J connectivity index is 1.56. The highest BCUT2D eigenvalue weighted by molar-refractivity contribution is 5.86. The highest BCUT2D eigenvalue weighted by atomic mass is 16.5. The molecule has 3 heteroatoms. The SMILES string of the molecule is C=C(C)C(=O)OCCCCCCCCOc1ccc(/C=C/c2ccc(CCCC)cc2)cc1. The van der Waals surface area contributed by atoms with Crippen LogP contribution >= 0.6 is 0 Å². The highest BCUT2D eigenvalue weighted by Crippen LogP contribution is 2.16. The molecule has 0 bridgehead atoms. The number of unbranched alkanes of at least 4 members (excludes halogenated alkanes) is 6. The van der Waals surface area contributed by atoms with Crippen molar-refractivity contribution < 1.29 is 14.3 Å². The molecule has 0 aliphatic heterocycles. The summed E-state index contributed by atoms with van der Waals surface area (Å²) in [5, 5.41) is 0. The van der Waals surface area contributed by atoms with Gasteiger partial charge in [0.05, 0.1) is 13.2 Å². The summed E-state index contributed by atoms with van der Waals surface area (Å²) in [6.07, 6.45) is 14.5. The molecular weight excluding hydrogens is 408 g/mol. The van der Waals surface area contributed by atoms with E-state index in [1.165, 1.54) is 36.0 Å². The van der Waals surface area contributed by atoms with Crippen molar-refractivity contribution in [3.05, 3.63) is 77.4 Å². The first-order valence-electron chi connectivity index (χ1n) is 12.4. The van der Waals surface area contributed by atoms with E-state index in [4.69, 9.17) is 9.47 Å². The minimum atomic E-state index is -0.288. The summed E-state index contributed by atoms with van der Waals surface area (Å²) in [4.78, 5) is 11.3. The molecule has 0 N–H and O–H groups in total. The molecule has 0 aliphatic carbocycles. The number of esters is 1. The van der Waals surface area contributed by atoms with E-state index < -0.39 is 0 Å². The molecule has 0 aromatic heterocycles. The van der Waals surface area contributed by atoms with Crippen LogP contribution in [0, 0.1) is 0 Å². The van der Waals surface area contributed by atoms with Gasteiger partial charge in [-0.3, -0.25) is 0 Å². The fraction of sp³-hybridized carbons (Fsp3) is 0.433. The van der Waals surface area contributed by atoms with Crippen LogP contribution in [0.1, 0.15) is 81.9 Å². The molecule has 0 spiro atoms. The zero-order valence-corrected chi connectivity index (χ0v) is 20.5. The van der Waals surface area contributed by atoms with Crippen LogP contribution in [-0.4, -0.2) is 19.2 Å². The van der Waals surface area contributed by atoms with Crippen molar-refractivity contribution in [2.75, 3.05) is 13.2 Å². The maximum atomic E-state index is 11.3. The van der Waals surface area contributed by atoms with Crippen LogP contribution < -0.4 is 4.74 Å².